The first-order valence-electron chi connectivity index (χ1n) is 6.07. The Kier molecular flexibility index (Phi) is 5.08. The molecular formula is C13H20N2O3S. The van der Waals surface area contributed by atoms with Crippen molar-refractivity contribution in [2.24, 2.45) is 0 Å². The van der Waals surface area contributed by atoms with Gasteiger partial charge < -0.3 is 5.32 Å². The average Bonchev–Trinajstić information content (AvgIpc) is 2.33. The van der Waals surface area contributed by atoms with E-state index in [1.54, 1.807) is 13.0 Å². The first kappa shape index (κ1) is 15.7. The molecule has 19 heavy (non-hydrogen) atoms. The number of carbonyl (C=O) groups is 1. The molecule has 1 aromatic rings. The SMILES string of the molecule is CCS(=O)(=O)N(C)CC(=O)Nc1ccc(C)c(C)c1. The minimum Gasteiger partial charge on any atom is -0.325 e. The summed E-state index contributed by atoms with van der Waals surface area (Å²) in [6.07, 6.45) is 0. The Labute approximate surface area is 114 Å². The second-order valence-electron chi connectivity index (χ2n) is 4.50. The van der Waals surface area contributed by atoms with Crippen molar-refractivity contribution in [3.05, 3.63) is 29.3 Å². The summed E-state index contributed by atoms with van der Waals surface area (Å²) in [6.45, 7) is 5.32. The maximum absolute atomic E-state index is 11.8. The molecule has 0 aromatic heterocycles. The molecule has 0 aliphatic heterocycles. The molecule has 0 unspecified atom stereocenters. The van der Waals surface area contributed by atoms with Gasteiger partial charge >= 0.3 is 0 Å². The third-order valence-corrected chi connectivity index (χ3v) is 4.81. The van der Waals surface area contributed by atoms with E-state index < -0.39 is 10.0 Å². The van der Waals surface area contributed by atoms with E-state index in [1.165, 1.54) is 7.05 Å². The highest BCUT2D eigenvalue weighted by Crippen LogP contribution is 2.14. The minimum atomic E-state index is -3.33. The zero-order valence-corrected chi connectivity index (χ0v) is 12.5. The second kappa shape index (κ2) is 6.16. The molecule has 0 aliphatic carbocycles. The highest BCUT2D eigenvalue weighted by molar-refractivity contribution is 7.89. The summed E-state index contributed by atoms with van der Waals surface area (Å²) in [5, 5.41) is 2.69. The summed E-state index contributed by atoms with van der Waals surface area (Å²) in [7, 11) is -1.93. The number of likely N-dealkylation sites (N-methyl/N-ethyl adjacent to an activating group) is 1. The molecule has 0 radical (unpaired) electrons. The van der Waals surface area contributed by atoms with Crippen LogP contribution < -0.4 is 5.32 Å². The fourth-order valence-electron chi connectivity index (χ4n) is 1.54. The minimum absolute atomic E-state index is 0.0135. The van der Waals surface area contributed by atoms with E-state index in [-0.39, 0.29) is 18.2 Å². The predicted molar refractivity (Wildman–Crippen MR) is 76.6 cm³/mol. The van der Waals surface area contributed by atoms with E-state index in [0.717, 1.165) is 15.4 Å². The number of rotatable bonds is 5. The average molecular weight is 284 g/mol. The number of carbonyl (C=O) groups excluding carboxylic acids is 1. The molecule has 0 bridgehead atoms. The molecule has 0 heterocycles. The number of nitrogens with one attached hydrogen (secondary N) is 1. The van der Waals surface area contributed by atoms with Crippen LogP contribution in [-0.4, -0.2) is 38.0 Å². The monoisotopic (exact) mass is 284 g/mol. The van der Waals surface area contributed by atoms with Gasteiger partial charge in [-0.2, -0.15) is 4.31 Å². The van der Waals surface area contributed by atoms with Gasteiger partial charge in [0.25, 0.3) is 0 Å². The van der Waals surface area contributed by atoms with Crippen LogP contribution in [0, 0.1) is 13.8 Å². The van der Waals surface area contributed by atoms with Gasteiger partial charge in [0, 0.05) is 12.7 Å². The number of aryl methyl sites for hydroxylation is 2. The molecular weight excluding hydrogens is 264 g/mol. The van der Waals surface area contributed by atoms with E-state index in [0.29, 0.717) is 5.69 Å². The van der Waals surface area contributed by atoms with Crippen LogP contribution in [-0.2, 0) is 14.8 Å². The second-order valence-corrected chi connectivity index (χ2v) is 6.87. The maximum atomic E-state index is 11.8. The van der Waals surface area contributed by atoms with E-state index in [2.05, 4.69) is 5.32 Å². The van der Waals surface area contributed by atoms with Crippen molar-refractivity contribution in [1.29, 1.82) is 0 Å². The maximum Gasteiger partial charge on any atom is 0.239 e. The summed E-state index contributed by atoms with van der Waals surface area (Å²) < 4.78 is 24.1. The van der Waals surface area contributed by atoms with Gasteiger partial charge in [0.1, 0.15) is 0 Å². The summed E-state index contributed by atoms with van der Waals surface area (Å²) in [4.78, 5) is 11.8. The normalized spacial score (nSPS) is 11.6. The Hall–Kier alpha value is -1.40. The zero-order chi connectivity index (χ0) is 14.6. The first-order valence-corrected chi connectivity index (χ1v) is 7.68. The predicted octanol–water partition coefficient (Wildman–Crippen LogP) is 1.52. The Bertz CT molecular complexity index is 567. The van der Waals surface area contributed by atoms with Gasteiger partial charge in [-0.3, -0.25) is 4.79 Å². The standard InChI is InChI=1S/C13H20N2O3S/c1-5-19(17,18)15(4)9-13(16)14-12-7-6-10(2)11(3)8-12/h6-8H,5,9H2,1-4H3,(H,14,16). The molecule has 0 atom stereocenters. The molecule has 6 heteroatoms. The largest absolute Gasteiger partial charge is 0.325 e. The summed E-state index contributed by atoms with van der Waals surface area (Å²) in [6, 6.07) is 5.58. The number of nitrogens with zero attached hydrogens (tertiary/aromatic N) is 1. The van der Waals surface area contributed by atoms with E-state index >= 15 is 0 Å². The number of hydrogen-bond donors (Lipinski definition) is 1. The molecule has 0 spiro atoms. The van der Waals surface area contributed by atoms with Gasteiger partial charge in [0.15, 0.2) is 0 Å². The van der Waals surface area contributed by atoms with Crippen molar-refractivity contribution < 1.29 is 13.2 Å². The lowest BCUT2D eigenvalue weighted by Crippen LogP contribution is -2.35. The molecule has 1 aromatic carbocycles. The van der Waals surface area contributed by atoms with Gasteiger partial charge in [-0.1, -0.05) is 6.07 Å². The van der Waals surface area contributed by atoms with Gasteiger partial charge in [0.2, 0.25) is 15.9 Å². The molecule has 0 aliphatic rings. The molecule has 1 rings (SSSR count). The first-order chi connectivity index (χ1) is 8.76. The van der Waals surface area contributed by atoms with Gasteiger partial charge in [-0.25, -0.2) is 8.42 Å². The van der Waals surface area contributed by atoms with Crippen LogP contribution in [0.2, 0.25) is 0 Å². The van der Waals surface area contributed by atoms with Gasteiger partial charge in [0.05, 0.1) is 12.3 Å². The Morgan fingerprint density at radius 3 is 2.42 bits per heavy atom. The van der Waals surface area contributed by atoms with Crippen molar-refractivity contribution in [2.75, 3.05) is 24.7 Å². The summed E-state index contributed by atoms with van der Waals surface area (Å²) in [5.41, 5.74) is 2.89. The highest BCUT2D eigenvalue weighted by atomic mass is 32.2. The zero-order valence-electron chi connectivity index (χ0n) is 11.7. The lowest BCUT2D eigenvalue weighted by molar-refractivity contribution is -0.116. The third-order valence-electron chi connectivity index (χ3n) is 3.00. The van der Waals surface area contributed by atoms with Crippen LogP contribution in [0.3, 0.4) is 0 Å². The molecule has 5 nitrogen and oxygen atoms in total. The van der Waals surface area contributed by atoms with Crippen LogP contribution >= 0.6 is 0 Å². The summed E-state index contributed by atoms with van der Waals surface area (Å²) >= 11 is 0. The fraction of sp³-hybridized carbons (Fsp3) is 0.462. The Balaban J connectivity index is 2.68. The quantitative estimate of drug-likeness (QED) is 0.891. The Morgan fingerprint density at radius 1 is 1.26 bits per heavy atom. The topological polar surface area (TPSA) is 66.5 Å². The lowest BCUT2D eigenvalue weighted by atomic mass is 10.1. The smallest absolute Gasteiger partial charge is 0.239 e. The van der Waals surface area contributed by atoms with Crippen molar-refractivity contribution in [3.63, 3.8) is 0 Å². The van der Waals surface area contributed by atoms with Crippen LogP contribution in [0.25, 0.3) is 0 Å². The lowest BCUT2D eigenvalue weighted by Gasteiger charge is -2.15. The number of benzene rings is 1. The molecule has 0 saturated carbocycles. The number of sulfonamides is 1. The van der Waals surface area contributed by atoms with E-state index in [9.17, 15) is 13.2 Å². The highest BCUT2D eigenvalue weighted by Gasteiger charge is 2.18. The molecule has 106 valence electrons. The number of anilines is 1. The van der Waals surface area contributed by atoms with Crippen LogP contribution in [0.5, 0.6) is 0 Å². The number of hydrogen-bond acceptors (Lipinski definition) is 3. The van der Waals surface area contributed by atoms with E-state index in [1.807, 2.05) is 26.0 Å². The van der Waals surface area contributed by atoms with Crippen molar-refractivity contribution in [1.82, 2.24) is 4.31 Å². The Morgan fingerprint density at radius 2 is 1.89 bits per heavy atom. The van der Waals surface area contributed by atoms with Crippen LogP contribution in [0.15, 0.2) is 18.2 Å². The van der Waals surface area contributed by atoms with Crippen molar-refractivity contribution in [3.8, 4) is 0 Å². The van der Waals surface area contributed by atoms with E-state index in [4.69, 9.17) is 0 Å². The van der Waals surface area contributed by atoms with Crippen LogP contribution in [0.4, 0.5) is 5.69 Å². The third kappa shape index (κ3) is 4.33. The fourth-order valence-corrected chi connectivity index (χ4v) is 2.30. The molecule has 1 amide bonds. The molecule has 1 N–H and O–H groups in total. The summed E-state index contributed by atoms with van der Waals surface area (Å²) in [5.74, 6) is -0.358. The van der Waals surface area contributed by atoms with Gasteiger partial charge in [-0.05, 0) is 44.0 Å². The van der Waals surface area contributed by atoms with Crippen molar-refractivity contribution in [2.45, 2.75) is 20.8 Å². The van der Waals surface area contributed by atoms with Crippen molar-refractivity contribution >= 4 is 21.6 Å². The number of amides is 1. The van der Waals surface area contributed by atoms with Gasteiger partial charge in [-0.15, -0.1) is 0 Å². The van der Waals surface area contributed by atoms with Crippen LogP contribution in [0.1, 0.15) is 18.1 Å². The molecule has 0 saturated heterocycles. The molecule has 0 fully saturated rings.